The van der Waals surface area contributed by atoms with E-state index in [2.05, 4.69) is 210 Å². The van der Waals surface area contributed by atoms with E-state index in [1.165, 1.54) is 60.8 Å². The van der Waals surface area contributed by atoms with Crippen molar-refractivity contribution in [1.82, 2.24) is 4.98 Å². The van der Waals surface area contributed by atoms with Crippen molar-refractivity contribution in [1.29, 1.82) is 0 Å². The number of hydrogen-bond donors (Lipinski definition) is 1. The summed E-state index contributed by atoms with van der Waals surface area (Å²) in [6.45, 7) is 0. The maximum Gasteiger partial charge on any atom is 0.0713 e. The lowest BCUT2D eigenvalue weighted by Crippen LogP contribution is -2.28. The first-order valence-electron chi connectivity index (χ1n) is 17.6. The topological polar surface area (TPSA) is 19.0 Å². The van der Waals surface area contributed by atoms with Gasteiger partial charge in [0.2, 0.25) is 0 Å². The van der Waals surface area contributed by atoms with Gasteiger partial charge in [-0.05, 0) is 81.4 Å². The lowest BCUT2D eigenvalue weighted by Gasteiger charge is -2.34. The number of rotatable bonds is 6. The highest BCUT2D eigenvalue weighted by atomic mass is 15.1. The average Bonchev–Trinajstić information content (AvgIpc) is 3.74. The van der Waals surface area contributed by atoms with E-state index < -0.39 is 5.41 Å². The van der Waals surface area contributed by atoms with Crippen LogP contribution < -0.4 is 4.90 Å². The van der Waals surface area contributed by atoms with Crippen LogP contribution in [0.5, 0.6) is 0 Å². The number of aromatic amines is 1. The fourth-order valence-corrected chi connectivity index (χ4v) is 8.50. The average molecular weight is 651 g/mol. The minimum Gasteiger partial charge on any atom is -0.354 e. The molecule has 0 saturated carbocycles. The molecule has 0 unspecified atom stereocenters. The van der Waals surface area contributed by atoms with Gasteiger partial charge in [-0.1, -0.05) is 158 Å². The van der Waals surface area contributed by atoms with Gasteiger partial charge in [-0.15, -0.1) is 0 Å². The van der Waals surface area contributed by atoms with Crippen molar-refractivity contribution in [3.8, 4) is 22.3 Å². The van der Waals surface area contributed by atoms with Gasteiger partial charge in [-0.2, -0.15) is 0 Å². The van der Waals surface area contributed by atoms with Crippen molar-refractivity contribution in [2.45, 2.75) is 5.41 Å². The molecular weight excluding hydrogens is 617 g/mol. The minimum atomic E-state index is -0.421. The van der Waals surface area contributed by atoms with E-state index in [-0.39, 0.29) is 0 Å². The number of anilines is 3. The number of nitrogens with one attached hydrogen (secondary N) is 1. The van der Waals surface area contributed by atoms with E-state index in [4.69, 9.17) is 0 Å². The summed E-state index contributed by atoms with van der Waals surface area (Å²) in [5.74, 6) is 0. The predicted octanol–water partition coefficient (Wildman–Crippen LogP) is 12.8. The SMILES string of the molecule is c1ccc(N(c2ccc(-c3cccc4c3[nH]c3ccccc34)cc2)c2ccc(C3(c4ccccc4)c4ccccc4-c4ccccc43)cc2)cc1. The highest BCUT2D eigenvalue weighted by Crippen LogP contribution is 2.56. The Labute approximate surface area is 297 Å². The van der Waals surface area contributed by atoms with Crippen LogP contribution in [-0.2, 0) is 5.41 Å². The van der Waals surface area contributed by atoms with Crippen molar-refractivity contribution in [3.05, 3.63) is 222 Å². The van der Waals surface area contributed by atoms with Crippen LogP contribution in [0.2, 0.25) is 0 Å². The summed E-state index contributed by atoms with van der Waals surface area (Å²) in [5, 5.41) is 2.50. The second-order valence-corrected chi connectivity index (χ2v) is 13.4. The highest BCUT2D eigenvalue weighted by molar-refractivity contribution is 6.11. The number of fused-ring (bicyclic) bond motifs is 6. The Kier molecular flexibility index (Phi) is 6.75. The number of hydrogen-bond acceptors (Lipinski definition) is 1. The standard InChI is InChI=1S/C49H34N2/c1-3-14-35(15-4-1)49(45-23-10-7-18-41(45)42-19-8-11-24-46(42)49)36-28-32-39(33-29-36)51(37-16-5-2-6-17-37)38-30-26-34(27-31-38)40-21-13-22-44-43-20-9-12-25-47(43)50-48(40)44/h1-33,50H. The summed E-state index contributed by atoms with van der Waals surface area (Å²) in [6, 6.07) is 72.8. The Hall–Kier alpha value is -6.64. The van der Waals surface area contributed by atoms with Crippen molar-refractivity contribution >= 4 is 38.9 Å². The van der Waals surface area contributed by atoms with E-state index in [1.807, 2.05) is 0 Å². The van der Waals surface area contributed by atoms with Crippen LogP contribution in [0.4, 0.5) is 17.1 Å². The van der Waals surface area contributed by atoms with Gasteiger partial charge in [0, 0.05) is 38.9 Å². The molecule has 1 aliphatic carbocycles. The second kappa shape index (κ2) is 11.8. The number of H-pyrrole nitrogens is 1. The van der Waals surface area contributed by atoms with Crippen molar-refractivity contribution in [2.24, 2.45) is 0 Å². The van der Waals surface area contributed by atoms with Gasteiger partial charge in [0.25, 0.3) is 0 Å². The monoisotopic (exact) mass is 650 g/mol. The first-order chi connectivity index (χ1) is 25.3. The normalized spacial score (nSPS) is 12.9. The van der Waals surface area contributed by atoms with Gasteiger partial charge < -0.3 is 9.88 Å². The summed E-state index contributed by atoms with van der Waals surface area (Å²) in [6.07, 6.45) is 0. The molecule has 0 atom stereocenters. The van der Waals surface area contributed by atoms with Gasteiger partial charge in [0.05, 0.1) is 10.9 Å². The van der Waals surface area contributed by atoms with Crippen molar-refractivity contribution in [3.63, 3.8) is 0 Å². The molecule has 240 valence electrons. The summed E-state index contributed by atoms with van der Waals surface area (Å²) in [5.41, 5.74) is 15.4. The molecule has 0 spiro atoms. The summed E-state index contributed by atoms with van der Waals surface area (Å²) < 4.78 is 0. The van der Waals surface area contributed by atoms with Crippen LogP contribution >= 0.6 is 0 Å². The zero-order valence-corrected chi connectivity index (χ0v) is 28.0. The molecule has 0 fully saturated rings. The molecule has 1 aromatic heterocycles. The summed E-state index contributed by atoms with van der Waals surface area (Å²) in [7, 11) is 0. The molecule has 9 aromatic rings. The maximum atomic E-state index is 3.68. The molecule has 10 rings (SSSR count). The Morgan fingerprint density at radius 2 is 0.843 bits per heavy atom. The van der Waals surface area contributed by atoms with Crippen LogP contribution in [-0.4, -0.2) is 4.98 Å². The van der Waals surface area contributed by atoms with Crippen LogP contribution in [0.3, 0.4) is 0 Å². The quantitative estimate of drug-likeness (QED) is 0.190. The Morgan fingerprint density at radius 3 is 1.53 bits per heavy atom. The Morgan fingerprint density at radius 1 is 0.353 bits per heavy atom. The lowest BCUT2D eigenvalue weighted by atomic mass is 9.68. The molecule has 1 aliphatic rings. The molecule has 0 aliphatic heterocycles. The molecule has 0 bridgehead atoms. The molecule has 51 heavy (non-hydrogen) atoms. The minimum absolute atomic E-state index is 0.421. The Balaban J connectivity index is 1.09. The van der Waals surface area contributed by atoms with Crippen LogP contribution in [0.1, 0.15) is 22.3 Å². The largest absolute Gasteiger partial charge is 0.354 e. The molecule has 0 radical (unpaired) electrons. The first kappa shape index (κ1) is 29.3. The first-order valence-corrected chi connectivity index (χ1v) is 17.6. The van der Waals surface area contributed by atoms with E-state index in [1.54, 1.807) is 0 Å². The van der Waals surface area contributed by atoms with Gasteiger partial charge >= 0.3 is 0 Å². The third-order valence-corrected chi connectivity index (χ3v) is 10.7. The number of benzene rings is 8. The van der Waals surface area contributed by atoms with Crippen LogP contribution in [0.15, 0.2) is 200 Å². The van der Waals surface area contributed by atoms with Gasteiger partial charge in [0.1, 0.15) is 0 Å². The number of aromatic nitrogens is 1. The fourth-order valence-electron chi connectivity index (χ4n) is 8.50. The molecule has 8 aromatic carbocycles. The summed E-state index contributed by atoms with van der Waals surface area (Å²) in [4.78, 5) is 6.03. The third kappa shape index (κ3) is 4.50. The van der Waals surface area contributed by atoms with Crippen molar-refractivity contribution < 1.29 is 0 Å². The molecular formula is C49H34N2. The number of nitrogens with zero attached hydrogens (tertiary/aromatic N) is 1. The molecule has 0 saturated heterocycles. The molecule has 2 nitrogen and oxygen atoms in total. The second-order valence-electron chi connectivity index (χ2n) is 13.4. The smallest absolute Gasteiger partial charge is 0.0713 e. The van der Waals surface area contributed by atoms with Crippen LogP contribution in [0.25, 0.3) is 44.1 Å². The molecule has 1 N–H and O–H groups in total. The van der Waals surface area contributed by atoms with E-state index in [0.29, 0.717) is 0 Å². The molecule has 0 amide bonds. The zero-order chi connectivity index (χ0) is 33.8. The van der Waals surface area contributed by atoms with Gasteiger partial charge in [-0.25, -0.2) is 0 Å². The van der Waals surface area contributed by atoms with Crippen molar-refractivity contribution in [2.75, 3.05) is 4.90 Å². The summed E-state index contributed by atoms with van der Waals surface area (Å²) >= 11 is 0. The number of para-hydroxylation sites is 3. The Bertz CT molecular complexity index is 2620. The maximum absolute atomic E-state index is 3.68. The van der Waals surface area contributed by atoms with E-state index in [9.17, 15) is 0 Å². The van der Waals surface area contributed by atoms with Gasteiger partial charge in [-0.3, -0.25) is 0 Å². The van der Waals surface area contributed by atoms with E-state index >= 15 is 0 Å². The third-order valence-electron chi connectivity index (χ3n) is 10.7. The predicted molar refractivity (Wildman–Crippen MR) is 213 cm³/mol. The molecule has 1 heterocycles. The molecule has 2 heteroatoms. The lowest BCUT2D eigenvalue weighted by molar-refractivity contribution is 0.768. The fraction of sp³-hybridized carbons (Fsp3) is 0.0204. The zero-order valence-electron chi connectivity index (χ0n) is 28.0. The van der Waals surface area contributed by atoms with Crippen LogP contribution in [0, 0.1) is 0 Å². The highest BCUT2D eigenvalue weighted by Gasteiger charge is 2.45. The van der Waals surface area contributed by atoms with E-state index in [0.717, 1.165) is 22.6 Å². The van der Waals surface area contributed by atoms with Gasteiger partial charge in [0.15, 0.2) is 0 Å².